The maximum absolute atomic E-state index is 8.88. The van der Waals surface area contributed by atoms with Crippen LogP contribution in [0.5, 0.6) is 0 Å². The molecular formula is C3H11N4O4P. The third kappa shape index (κ3) is 63.0. The molecule has 0 aromatic heterocycles. The summed E-state index contributed by atoms with van der Waals surface area (Å²) in [6.45, 7) is 1.73. The fourth-order valence-electron chi connectivity index (χ4n) is 0.124. The van der Waals surface area contributed by atoms with Gasteiger partial charge in [0.15, 0.2) is 0 Å². The van der Waals surface area contributed by atoms with E-state index >= 15 is 0 Å². The van der Waals surface area contributed by atoms with Crippen LogP contribution in [-0.4, -0.2) is 26.9 Å². The summed E-state index contributed by atoms with van der Waals surface area (Å²) in [5.74, 6) is -0.0156. The van der Waals surface area contributed by atoms with E-state index in [9.17, 15) is 0 Å². The molecule has 0 fully saturated rings. The molecule has 8 nitrogen and oxygen atoms in total. The summed E-state index contributed by atoms with van der Waals surface area (Å²) < 4.78 is 8.88. The zero-order valence-corrected chi connectivity index (χ0v) is 7.22. The van der Waals surface area contributed by atoms with Crippen LogP contribution in [0.2, 0.25) is 0 Å². The fraction of sp³-hybridized carbons (Fsp3) is 0.333. The van der Waals surface area contributed by atoms with Crippen molar-refractivity contribution in [3.8, 4) is 0 Å². The average molecular weight is 198 g/mol. The molecule has 9 heteroatoms. The van der Waals surface area contributed by atoms with Gasteiger partial charge in [0.25, 0.3) is 0 Å². The highest BCUT2D eigenvalue weighted by Crippen LogP contribution is 2.25. The van der Waals surface area contributed by atoms with Crippen LogP contribution in [0.25, 0.3) is 0 Å². The van der Waals surface area contributed by atoms with Gasteiger partial charge in [0.1, 0.15) is 0 Å². The fourth-order valence-corrected chi connectivity index (χ4v) is 0.124. The molecule has 0 saturated carbocycles. The van der Waals surface area contributed by atoms with Gasteiger partial charge in [-0.05, 0) is 6.92 Å². The maximum atomic E-state index is 8.88. The Kier molecular flexibility index (Phi) is 7.66. The van der Waals surface area contributed by atoms with Gasteiger partial charge in [-0.2, -0.15) is 5.10 Å². The quantitative estimate of drug-likeness (QED) is 0.147. The van der Waals surface area contributed by atoms with Gasteiger partial charge in [-0.15, -0.1) is 5.10 Å². The highest BCUT2D eigenvalue weighted by Gasteiger charge is 2.00. The summed E-state index contributed by atoms with van der Waals surface area (Å²) in [5.41, 5.74) is 9.78. The van der Waals surface area contributed by atoms with Crippen molar-refractivity contribution in [2.24, 2.45) is 21.7 Å². The first-order chi connectivity index (χ1) is 5.27. The van der Waals surface area contributed by atoms with Crippen LogP contribution in [0.4, 0.5) is 0 Å². The molecule has 0 aliphatic carbocycles. The van der Waals surface area contributed by atoms with Crippen LogP contribution in [0.15, 0.2) is 10.2 Å². The standard InChI is InChI=1S/C3H8N4.H3O4P/c1-2-6-7-3(4)5;1-5(2,3)4/h2H,1H3,(H4,4,5,7);(H3,1,2,3,4)/b6-2-;. The topological polar surface area (TPSA) is 155 Å². The summed E-state index contributed by atoms with van der Waals surface area (Å²) in [6.07, 6.45) is 1.50. The van der Waals surface area contributed by atoms with Crippen molar-refractivity contribution in [3.63, 3.8) is 0 Å². The lowest BCUT2D eigenvalue weighted by Crippen LogP contribution is -2.21. The average Bonchev–Trinajstić information content (AvgIpc) is 1.79. The van der Waals surface area contributed by atoms with Crippen molar-refractivity contribution in [3.05, 3.63) is 0 Å². The van der Waals surface area contributed by atoms with E-state index in [0.29, 0.717) is 0 Å². The minimum Gasteiger partial charge on any atom is -0.369 e. The molecule has 0 spiro atoms. The van der Waals surface area contributed by atoms with Gasteiger partial charge >= 0.3 is 7.82 Å². The molecule has 72 valence electrons. The van der Waals surface area contributed by atoms with Crippen molar-refractivity contribution in [2.75, 3.05) is 0 Å². The molecule has 0 aromatic carbocycles. The lowest BCUT2D eigenvalue weighted by Gasteiger charge is -1.82. The van der Waals surface area contributed by atoms with Gasteiger partial charge in [0.2, 0.25) is 5.96 Å². The largest absolute Gasteiger partial charge is 0.466 e. The zero-order chi connectivity index (χ0) is 10.2. The van der Waals surface area contributed by atoms with E-state index < -0.39 is 7.82 Å². The summed E-state index contributed by atoms with van der Waals surface area (Å²) in [5, 5.41) is 6.67. The summed E-state index contributed by atoms with van der Waals surface area (Å²) >= 11 is 0. The monoisotopic (exact) mass is 198 g/mol. The minimum absolute atomic E-state index is 0.0156. The molecule has 0 aliphatic rings. The van der Waals surface area contributed by atoms with Crippen molar-refractivity contribution in [2.45, 2.75) is 6.92 Å². The predicted molar refractivity (Wildman–Crippen MR) is 44.2 cm³/mol. The first-order valence-corrected chi connectivity index (χ1v) is 4.18. The van der Waals surface area contributed by atoms with E-state index in [1.54, 1.807) is 6.92 Å². The summed E-state index contributed by atoms with van der Waals surface area (Å²) in [4.78, 5) is 21.6. The third-order valence-electron chi connectivity index (χ3n) is 0.289. The summed E-state index contributed by atoms with van der Waals surface area (Å²) in [6, 6.07) is 0. The molecule has 0 rings (SSSR count). The van der Waals surface area contributed by atoms with Gasteiger partial charge in [0, 0.05) is 6.21 Å². The number of rotatable bonds is 1. The Morgan fingerprint density at radius 1 is 1.42 bits per heavy atom. The Balaban J connectivity index is 0. The van der Waals surface area contributed by atoms with Gasteiger partial charge < -0.3 is 26.1 Å². The molecule has 0 saturated heterocycles. The molecular weight excluding hydrogens is 187 g/mol. The van der Waals surface area contributed by atoms with E-state index in [1.165, 1.54) is 6.21 Å². The van der Waals surface area contributed by atoms with Crippen molar-refractivity contribution < 1.29 is 19.2 Å². The third-order valence-corrected chi connectivity index (χ3v) is 0.289. The Bertz CT molecular complexity index is 196. The minimum atomic E-state index is -4.64. The predicted octanol–water partition coefficient (Wildman–Crippen LogP) is -1.66. The van der Waals surface area contributed by atoms with Crippen LogP contribution < -0.4 is 11.5 Å². The number of phosphoric acid groups is 1. The van der Waals surface area contributed by atoms with Crippen LogP contribution in [0.3, 0.4) is 0 Å². The highest BCUT2D eigenvalue weighted by molar-refractivity contribution is 7.45. The second-order valence-corrected chi connectivity index (χ2v) is 2.44. The molecule has 0 radical (unpaired) electrons. The van der Waals surface area contributed by atoms with Crippen LogP contribution in [0.1, 0.15) is 6.92 Å². The van der Waals surface area contributed by atoms with Crippen molar-refractivity contribution in [1.82, 2.24) is 0 Å². The Labute approximate surface area is 68.8 Å². The Morgan fingerprint density at radius 3 is 1.83 bits per heavy atom. The molecule has 0 aromatic rings. The van der Waals surface area contributed by atoms with Crippen LogP contribution in [0, 0.1) is 0 Å². The smallest absolute Gasteiger partial charge is 0.369 e. The van der Waals surface area contributed by atoms with Crippen molar-refractivity contribution >= 4 is 20.0 Å². The van der Waals surface area contributed by atoms with Gasteiger partial charge in [-0.3, -0.25) is 0 Å². The summed E-state index contributed by atoms with van der Waals surface area (Å²) in [7, 11) is -4.64. The lowest BCUT2D eigenvalue weighted by molar-refractivity contribution is 0.275. The van der Waals surface area contributed by atoms with E-state index in [4.69, 9.17) is 30.7 Å². The lowest BCUT2D eigenvalue weighted by atomic mass is 10.9. The number of guanidine groups is 1. The Hall–Kier alpha value is -0.950. The molecule has 0 bridgehead atoms. The normalized spacial score (nSPS) is 10.3. The second kappa shape index (κ2) is 6.74. The van der Waals surface area contributed by atoms with E-state index in [0.717, 1.165) is 0 Å². The number of nitrogens with zero attached hydrogens (tertiary/aromatic N) is 2. The second-order valence-electron chi connectivity index (χ2n) is 1.41. The molecule has 7 N–H and O–H groups in total. The molecule has 0 heterocycles. The van der Waals surface area contributed by atoms with Gasteiger partial charge in [-0.1, -0.05) is 0 Å². The van der Waals surface area contributed by atoms with E-state index in [2.05, 4.69) is 10.2 Å². The van der Waals surface area contributed by atoms with Gasteiger partial charge in [0.05, 0.1) is 0 Å². The molecule has 0 atom stereocenters. The first-order valence-electron chi connectivity index (χ1n) is 2.62. The first kappa shape index (κ1) is 13.6. The molecule has 0 unspecified atom stereocenters. The van der Waals surface area contributed by atoms with Crippen LogP contribution in [-0.2, 0) is 4.57 Å². The Morgan fingerprint density at radius 2 is 1.75 bits per heavy atom. The number of nitrogens with two attached hydrogens (primary N) is 2. The molecule has 12 heavy (non-hydrogen) atoms. The molecule has 0 amide bonds. The van der Waals surface area contributed by atoms with Gasteiger partial charge in [-0.25, -0.2) is 4.57 Å². The highest BCUT2D eigenvalue weighted by atomic mass is 31.2. The number of hydrogen-bond donors (Lipinski definition) is 5. The van der Waals surface area contributed by atoms with Crippen molar-refractivity contribution in [1.29, 1.82) is 0 Å². The number of hydrogen-bond acceptors (Lipinski definition) is 3. The van der Waals surface area contributed by atoms with E-state index in [-0.39, 0.29) is 5.96 Å². The SMILES string of the molecule is C/C=N\N=C(N)N.O=P(O)(O)O. The zero-order valence-electron chi connectivity index (χ0n) is 6.32. The van der Waals surface area contributed by atoms with Crippen LogP contribution >= 0.6 is 7.82 Å². The molecule has 0 aliphatic heterocycles. The maximum Gasteiger partial charge on any atom is 0.466 e. The van der Waals surface area contributed by atoms with E-state index in [1.807, 2.05) is 0 Å².